The number of rotatable bonds is 5. The highest BCUT2D eigenvalue weighted by Crippen LogP contribution is 2.04. The van der Waals surface area contributed by atoms with Crippen molar-refractivity contribution in [2.45, 2.75) is 6.23 Å². The average molecular weight is 245 g/mol. The Bertz CT molecular complexity index is 493. The maximum Gasteiger partial charge on any atom is 0.330 e. The molecule has 1 heterocycles. The maximum atomic E-state index is 11.4. The van der Waals surface area contributed by atoms with Crippen molar-refractivity contribution in [3.8, 4) is 0 Å². The van der Waals surface area contributed by atoms with E-state index >= 15 is 0 Å². The summed E-state index contributed by atoms with van der Waals surface area (Å²) in [5.74, 6) is -1.01. The van der Waals surface area contributed by atoms with Gasteiger partial charge in [0.1, 0.15) is 0 Å². The van der Waals surface area contributed by atoms with E-state index in [1.807, 2.05) is 4.98 Å². The van der Waals surface area contributed by atoms with Crippen molar-refractivity contribution in [1.29, 1.82) is 0 Å². The van der Waals surface area contributed by atoms with Crippen molar-refractivity contribution in [3.63, 3.8) is 0 Å². The van der Waals surface area contributed by atoms with Gasteiger partial charge in [0, 0.05) is 12.3 Å². The summed E-state index contributed by atoms with van der Waals surface area (Å²) >= 11 is 0. The zero-order chi connectivity index (χ0) is 12.8. The quantitative estimate of drug-likeness (QED) is 0.336. The molecule has 1 aromatic heterocycles. The van der Waals surface area contributed by atoms with Gasteiger partial charge in [0.25, 0.3) is 11.5 Å². The summed E-state index contributed by atoms with van der Waals surface area (Å²) in [6, 6.07) is 1.02. The number of nitrogens with zero attached hydrogens (tertiary/aromatic N) is 1. The van der Waals surface area contributed by atoms with E-state index in [9.17, 15) is 14.4 Å². The van der Waals surface area contributed by atoms with Gasteiger partial charge in [-0.3, -0.25) is 24.3 Å². The van der Waals surface area contributed by atoms with Crippen LogP contribution in [0, 0.1) is 0 Å². The van der Waals surface area contributed by atoms with Crippen molar-refractivity contribution < 1.29 is 19.8 Å². The lowest BCUT2D eigenvalue weighted by Crippen LogP contribution is -2.40. The number of aromatic nitrogens is 2. The van der Waals surface area contributed by atoms with E-state index in [1.54, 1.807) is 0 Å². The molecule has 1 amide bonds. The highest BCUT2D eigenvalue weighted by Gasteiger charge is 2.21. The predicted molar refractivity (Wildman–Crippen MR) is 53.3 cm³/mol. The van der Waals surface area contributed by atoms with Crippen LogP contribution in [0.5, 0.6) is 0 Å². The Hall–Kier alpha value is -1.97. The van der Waals surface area contributed by atoms with E-state index in [4.69, 9.17) is 15.1 Å². The fourth-order valence-electron chi connectivity index (χ4n) is 1.11. The molecule has 0 saturated carbocycles. The van der Waals surface area contributed by atoms with Crippen LogP contribution in [-0.4, -0.2) is 39.0 Å². The molecule has 9 heteroatoms. The van der Waals surface area contributed by atoms with Crippen molar-refractivity contribution in [2.75, 3.05) is 13.2 Å². The second-order valence-corrected chi connectivity index (χ2v) is 2.94. The topological polar surface area (TPSA) is 134 Å². The number of hydrogen-bond acceptors (Lipinski definition) is 6. The molecule has 0 aliphatic rings. The van der Waals surface area contributed by atoms with Crippen LogP contribution in [-0.2, 0) is 9.53 Å². The molecule has 4 N–H and O–H groups in total. The van der Waals surface area contributed by atoms with Crippen molar-refractivity contribution in [1.82, 2.24) is 15.0 Å². The molecule has 1 unspecified atom stereocenters. The Labute approximate surface area is 94.2 Å². The van der Waals surface area contributed by atoms with Gasteiger partial charge in [0.2, 0.25) is 6.23 Å². The summed E-state index contributed by atoms with van der Waals surface area (Å²) in [5.41, 5.74) is -0.182. The second kappa shape index (κ2) is 5.94. The molecule has 0 aliphatic heterocycles. The summed E-state index contributed by atoms with van der Waals surface area (Å²) in [7, 11) is 0. The lowest BCUT2D eigenvalue weighted by Gasteiger charge is -2.16. The van der Waals surface area contributed by atoms with Crippen molar-refractivity contribution >= 4 is 5.91 Å². The van der Waals surface area contributed by atoms with Crippen LogP contribution in [0.15, 0.2) is 21.9 Å². The summed E-state index contributed by atoms with van der Waals surface area (Å²) in [4.78, 5) is 35.3. The van der Waals surface area contributed by atoms with Gasteiger partial charge in [-0.1, -0.05) is 0 Å². The molecule has 0 radical (unpaired) electrons. The molecule has 17 heavy (non-hydrogen) atoms. The Morgan fingerprint density at radius 3 is 2.82 bits per heavy atom. The average Bonchev–Trinajstić information content (AvgIpc) is 2.31. The first-order chi connectivity index (χ1) is 8.10. The Kier molecular flexibility index (Phi) is 4.57. The second-order valence-electron chi connectivity index (χ2n) is 2.94. The lowest BCUT2D eigenvalue weighted by molar-refractivity contribution is -0.149. The standard InChI is InChI=1S/C8H11N3O6/c12-3-4-17-7(6(14)10-16)11-2-1-5(13)9-8(11)15/h1-2,7,12,16H,3-4H2,(H,10,14)(H,9,13,15). The van der Waals surface area contributed by atoms with Crippen LogP contribution < -0.4 is 16.7 Å². The number of ether oxygens (including phenoxy) is 1. The third-order valence-corrected chi connectivity index (χ3v) is 1.81. The number of amides is 1. The molecule has 1 atom stereocenters. The first kappa shape index (κ1) is 13.1. The van der Waals surface area contributed by atoms with Crippen LogP contribution in [0.25, 0.3) is 0 Å². The molecule has 1 aromatic rings. The largest absolute Gasteiger partial charge is 0.394 e. The Morgan fingerprint density at radius 2 is 2.29 bits per heavy atom. The first-order valence-electron chi connectivity index (χ1n) is 4.58. The summed E-state index contributed by atoms with van der Waals surface area (Å²) < 4.78 is 5.64. The Morgan fingerprint density at radius 1 is 1.59 bits per heavy atom. The molecule has 0 bridgehead atoms. The number of nitrogens with one attached hydrogen (secondary N) is 2. The number of carbonyl (C=O) groups is 1. The Balaban J connectivity index is 3.08. The number of hydrogen-bond donors (Lipinski definition) is 4. The van der Waals surface area contributed by atoms with Crippen LogP contribution in [0.2, 0.25) is 0 Å². The third kappa shape index (κ3) is 3.24. The smallest absolute Gasteiger partial charge is 0.330 e. The van der Waals surface area contributed by atoms with E-state index in [2.05, 4.69) is 0 Å². The minimum Gasteiger partial charge on any atom is -0.394 e. The molecular formula is C8H11N3O6. The monoisotopic (exact) mass is 245 g/mol. The number of carbonyl (C=O) groups excluding carboxylic acids is 1. The molecule has 0 spiro atoms. The van der Waals surface area contributed by atoms with Crippen LogP contribution >= 0.6 is 0 Å². The zero-order valence-corrected chi connectivity index (χ0v) is 8.62. The van der Waals surface area contributed by atoms with E-state index < -0.39 is 23.4 Å². The fraction of sp³-hybridized carbons (Fsp3) is 0.375. The number of aromatic amines is 1. The number of aliphatic hydroxyl groups is 1. The molecular weight excluding hydrogens is 234 g/mol. The van der Waals surface area contributed by atoms with Gasteiger partial charge in [-0.05, 0) is 0 Å². The SMILES string of the molecule is O=C(NO)C(OCCO)n1ccc(=O)[nH]c1=O. The molecule has 0 aliphatic carbocycles. The van der Waals surface area contributed by atoms with Gasteiger partial charge in [-0.25, -0.2) is 10.3 Å². The summed E-state index contributed by atoms with van der Waals surface area (Å²) in [6.07, 6.45) is -0.435. The van der Waals surface area contributed by atoms with E-state index in [-0.39, 0.29) is 13.2 Å². The highest BCUT2D eigenvalue weighted by molar-refractivity contribution is 5.77. The molecule has 0 fully saturated rings. The van der Waals surface area contributed by atoms with Gasteiger partial charge < -0.3 is 9.84 Å². The van der Waals surface area contributed by atoms with E-state index in [0.717, 1.165) is 16.8 Å². The number of hydroxylamine groups is 1. The summed E-state index contributed by atoms with van der Waals surface area (Å²) in [6.45, 7) is -0.586. The third-order valence-electron chi connectivity index (χ3n) is 1.81. The maximum absolute atomic E-state index is 11.4. The summed E-state index contributed by atoms with van der Waals surface area (Å²) in [5, 5.41) is 17.0. The minimum absolute atomic E-state index is 0.219. The van der Waals surface area contributed by atoms with Gasteiger partial charge >= 0.3 is 5.69 Å². The van der Waals surface area contributed by atoms with Gasteiger partial charge in [0.05, 0.1) is 13.2 Å². The lowest BCUT2D eigenvalue weighted by atomic mass is 10.5. The van der Waals surface area contributed by atoms with Gasteiger partial charge in [-0.15, -0.1) is 0 Å². The number of H-pyrrole nitrogens is 1. The first-order valence-corrected chi connectivity index (χ1v) is 4.58. The zero-order valence-electron chi connectivity index (χ0n) is 8.62. The van der Waals surface area contributed by atoms with Crippen molar-refractivity contribution in [3.05, 3.63) is 33.1 Å². The minimum atomic E-state index is -1.48. The van der Waals surface area contributed by atoms with E-state index in [0.29, 0.717) is 0 Å². The molecule has 94 valence electrons. The number of aliphatic hydroxyl groups excluding tert-OH is 1. The molecule has 0 aromatic carbocycles. The van der Waals surface area contributed by atoms with Crippen LogP contribution in [0.4, 0.5) is 0 Å². The van der Waals surface area contributed by atoms with Gasteiger partial charge in [0.15, 0.2) is 0 Å². The normalized spacial score (nSPS) is 12.1. The highest BCUT2D eigenvalue weighted by atomic mass is 16.5. The van der Waals surface area contributed by atoms with Gasteiger partial charge in [-0.2, -0.15) is 0 Å². The molecule has 9 nitrogen and oxygen atoms in total. The van der Waals surface area contributed by atoms with E-state index in [1.165, 1.54) is 5.48 Å². The predicted octanol–water partition coefficient (Wildman–Crippen LogP) is -2.45. The van der Waals surface area contributed by atoms with Crippen LogP contribution in [0.1, 0.15) is 6.23 Å². The fourth-order valence-corrected chi connectivity index (χ4v) is 1.11. The van der Waals surface area contributed by atoms with Crippen molar-refractivity contribution in [2.24, 2.45) is 0 Å². The molecule has 1 rings (SSSR count). The molecule has 0 saturated heterocycles. The van der Waals surface area contributed by atoms with Crippen LogP contribution in [0.3, 0.4) is 0 Å².